The van der Waals surface area contributed by atoms with Crippen LogP contribution in [0.5, 0.6) is 17.2 Å². The Labute approximate surface area is 198 Å². The molecule has 4 aromatic rings. The van der Waals surface area contributed by atoms with Gasteiger partial charge >= 0.3 is 0 Å². The van der Waals surface area contributed by atoms with Gasteiger partial charge in [0.1, 0.15) is 28.8 Å². The number of fused-ring (bicyclic) bond motifs is 6. The smallest absolute Gasteiger partial charge is 0.292 e. The third-order valence-electron chi connectivity index (χ3n) is 7.71. The molecule has 0 unspecified atom stereocenters. The Kier molecular flexibility index (Phi) is 3.14. The first kappa shape index (κ1) is 18.9. The van der Waals surface area contributed by atoms with Gasteiger partial charge in [-0.15, -0.1) is 0 Å². The molecule has 0 radical (unpaired) electrons. The van der Waals surface area contributed by atoms with E-state index in [1.165, 1.54) is 24.3 Å². The highest BCUT2D eigenvalue weighted by Crippen LogP contribution is 2.62. The zero-order valence-corrected chi connectivity index (χ0v) is 18.1. The summed E-state index contributed by atoms with van der Waals surface area (Å²) in [5.74, 6) is -2.45. The van der Waals surface area contributed by atoms with Crippen LogP contribution in [0, 0.1) is 5.92 Å². The van der Waals surface area contributed by atoms with Crippen LogP contribution in [0.4, 0.5) is 0 Å². The van der Waals surface area contributed by atoms with E-state index in [1.807, 2.05) is 36.4 Å². The van der Waals surface area contributed by atoms with Gasteiger partial charge in [0, 0.05) is 10.9 Å². The molecule has 0 amide bonds. The number of aromatic hydroxyl groups is 1. The summed E-state index contributed by atoms with van der Waals surface area (Å²) in [7, 11) is 0. The molecule has 0 fully saturated rings. The molecule has 1 aliphatic heterocycles. The lowest BCUT2D eigenvalue weighted by Gasteiger charge is -2.41. The quantitative estimate of drug-likeness (QED) is 0.402. The molecular formula is C29H16O6. The van der Waals surface area contributed by atoms with Crippen molar-refractivity contribution >= 4 is 39.2 Å². The van der Waals surface area contributed by atoms with Crippen molar-refractivity contribution < 1.29 is 29.3 Å². The van der Waals surface area contributed by atoms with Gasteiger partial charge in [-0.05, 0) is 64.9 Å². The van der Waals surface area contributed by atoms with Gasteiger partial charge in [-0.3, -0.25) is 9.59 Å². The third kappa shape index (κ3) is 2.02. The topological polar surface area (TPSA) is 93.1 Å². The average Bonchev–Trinajstić information content (AvgIpc) is 3.27. The molecule has 3 aliphatic carbocycles. The molecule has 0 bridgehead atoms. The van der Waals surface area contributed by atoms with Crippen molar-refractivity contribution in [3.8, 4) is 17.2 Å². The number of benzene rings is 4. The first-order valence-corrected chi connectivity index (χ1v) is 11.3. The number of ether oxygens (including phenoxy) is 2. The van der Waals surface area contributed by atoms with Crippen molar-refractivity contribution in [2.24, 2.45) is 5.92 Å². The molecule has 6 nitrogen and oxygen atoms in total. The van der Waals surface area contributed by atoms with Crippen molar-refractivity contribution in [3.63, 3.8) is 0 Å². The van der Waals surface area contributed by atoms with Crippen LogP contribution in [0.25, 0.3) is 27.6 Å². The van der Waals surface area contributed by atoms with Gasteiger partial charge in [0.25, 0.3) is 5.79 Å². The van der Waals surface area contributed by atoms with Crippen molar-refractivity contribution in [3.05, 3.63) is 95.1 Å². The first-order chi connectivity index (χ1) is 16.9. The Morgan fingerprint density at radius 1 is 0.829 bits per heavy atom. The Hall–Kier alpha value is -4.42. The van der Waals surface area contributed by atoms with E-state index in [1.54, 1.807) is 18.2 Å². The molecule has 168 valence electrons. The number of carbonyl (C=O) groups excluding carboxylic acids is 2. The van der Waals surface area contributed by atoms with E-state index in [4.69, 9.17) is 9.47 Å². The first-order valence-electron chi connectivity index (χ1n) is 11.3. The highest BCUT2D eigenvalue weighted by molar-refractivity contribution is 6.22. The molecule has 2 N–H and O–H groups in total. The molecule has 4 aliphatic rings. The van der Waals surface area contributed by atoms with Crippen LogP contribution < -0.4 is 9.47 Å². The SMILES string of the molecule is O=C1C=Cc2c3c(cc4ccc(O)c1c24)[C@]1(O)C=CC(=O)[C@@H]1C31Oc2cccc3cccc(c23)O1. The predicted octanol–water partition coefficient (Wildman–Crippen LogP) is 4.49. The van der Waals surface area contributed by atoms with E-state index < -0.39 is 17.3 Å². The fourth-order valence-electron chi connectivity index (χ4n) is 6.36. The maximum Gasteiger partial charge on any atom is 0.292 e. The Bertz CT molecular complexity index is 1740. The van der Waals surface area contributed by atoms with E-state index in [0.29, 0.717) is 39.0 Å². The second-order valence-corrected chi connectivity index (χ2v) is 9.44. The van der Waals surface area contributed by atoms with E-state index in [0.717, 1.165) is 10.8 Å². The van der Waals surface area contributed by atoms with Crippen molar-refractivity contribution in [1.82, 2.24) is 0 Å². The monoisotopic (exact) mass is 460 g/mol. The number of ketones is 2. The minimum atomic E-state index is -1.68. The van der Waals surface area contributed by atoms with E-state index in [-0.39, 0.29) is 22.9 Å². The average molecular weight is 460 g/mol. The third-order valence-corrected chi connectivity index (χ3v) is 7.71. The second kappa shape index (κ2) is 5.79. The lowest BCUT2D eigenvalue weighted by atomic mass is 9.84. The minimum absolute atomic E-state index is 0.129. The molecule has 2 atom stereocenters. The minimum Gasteiger partial charge on any atom is -0.507 e. The summed E-state index contributed by atoms with van der Waals surface area (Å²) >= 11 is 0. The van der Waals surface area contributed by atoms with Crippen LogP contribution in [-0.2, 0) is 16.2 Å². The Morgan fingerprint density at radius 2 is 1.57 bits per heavy atom. The number of aliphatic hydroxyl groups is 1. The van der Waals surface area contributed by atoms with Gasteiger partial charge in [-0.25, -0.2) is 0 Å². The van der Waals surface area contributed by atoms with Gasteiger partial charge in [-0.2, -0.15) is 0 Å². The number of hydrogen-bond donors (Lipinski definition) is 2. The van der Waals surface area contributed by atoms with Crippen LogP contribution in [-0.4, -0.2) is 21.8 Å². The van der Waals surface area contributed by atoms with Crippen molar-refractivity contribution in [2.75, 3.05) is 0 Å². The van der Waals surface area contributed by atoms with Crippen LogP contribution in [0.1, 0.15) is 27.0 Å². The molecule has 0 aromatic heterocycles. The lowest BCUT2D eigenvalue weighted by Crippen LogP contribution is -2.51. The fraction of sp³-hybridized carbons (Fsp3) is 0.103. The maximum atomic E-state index is 13.3. The molecule has 6 heteroatoms. The molecule has 0 saturated heterocycles. The van der Waals surface area contributed by atoms with Crippen LogP contribution in [0.3, 0.4) is 0 Å². The molecule has 1 heterocycles. The van der Waals surface area contributed by atoms with Gasteiger partial charge < -0.3 is 19.7 Å². The van der Waals surface area contributed by atoms with E-state index in [2.05, 4.69) is 0 Å². The number of carbonyl (C=O) groups is 2. The maximum absolute atomic E-state index is 13.3. The summed E-state index contributed by atoms with van der Waals surface area (Å²) in [4.78, 5) is 26.1. The largest absolute Gasteiger partial charge is 0.507 e. The summed E-state index contributed by atoms with van der Waals surface area (Å²) in [6, 6.07) is 16.2. The lowest BCUT2D eigenvalue weighted by molar-refractivity contribution is -0.191. The van der Waals surface area contributed by atoms with Gasteiger partial charge in [0.15, 0.2) is 11.6 Å². The normalized spacial score (nSPS) is 24.1. The van der Waals surface area contributed by atoms with Crippen molar-refractivity contribution in [1.29, 1.82) is 0 Å². The summed E-state index contributed by atoms with van der Waals surface area (Å²) < 4.78 is 13.2. The summed E-state index contributed by atoms with van der Waals surface area (Å²) in [5.41, 5.74) is 0.0670. The number of allylic oxidation sites excluding steroid dienone is 2. The highest BCUT2D eigenvalue weighted by Gasteiger charge is 2.69. The molecule has 35 heavy (non-hydrogen) atoms. The van der Waals surface area contributed by atoms with Gasteiger partial charge in [0.05, 0.1) is 16.5 Å². The number of hydrogen-bond acceptors (Lipinski definition) is 6. The second-order valence-electron chi connectivity index (χ2n) is 9.44. The number of rotatable bonds is 0. The predicted molar refractivity (Wildman–Crippen MR) is 127 cm³/mol. The molecule has 8 rings (SSSR count). The van der Waals surface area contributed by atoms with Crippen LogP contribution >= 0.6 is 0 Å². The van der Waals surface area contributed by atoms with Gasteiger partial charge in [-0.1, -0.05) is 30.3 Å². The van der Waals surface area contributed by atoms with Gasteiger partial charge in [0.2, 0.25) is 0 Å². The molecule has 1 spiro atoms. The van der Waals surface area contributed by atoms with Crippen molar-refractivity contribution in [2.45, 2.75) is 11.4 Å². The van der Waals surface area contributed by atoms with E-state index in [9.17, 15) is 19.8 Å². The highest BCUT2D eigenvalue weighted by atomic mass is 16.7. The molecule has 0 saturated carbocycles. The number of phenols is 1. The summed E-state index contributed by atoms with van der Waals surface area (Å²) in [5, 5.41) is 25.4. The Morgan fingerprint density at radius 3 is 2.31 bits per heavy atom. The van der Waals surface area contributed by atoms with Crippen LogP contribution in [0.2, 0.25) is 0 Å². The standard InChI is InChI=1S/C29H16O6/c30-18-9-7-15-13-17-26(16-8-10-19(31)25(18)23(15)16)29(27-20(32)11-12-28(17,27)33)34-21-5-1-3-14-4-2-6-22(35-29)24(14)21/h1-13,27,30,33H/t27-,28+/m0/s1. The summed E-state index contributed by atoms with van der Waals surface area (Å²) in [6.07, 6.45) is 5.92. The Balaban J connectivity index is 1.53. The zero-order chi connectivity index (χ0) is 23.7. The summed E-state index contributed by atoms with van der Waals surface area (Å²) in [6.45, 7) is 0. The fourth-order valence-corrected chi connectivity index (χ4v) is 6.36. The molecule has 4 aromatic carbocycles. The van der Waals surface area contributed by atoms with E-state index >= 15 is 0 Å². The molecular weight excluding hydrogens is 444 g/mol. The number of phenolic OH excluding ortho intramolecular Hbond substituents is 1. The zero-order valence-electron chi connectivity index (χ0n) is 18.1. The van der Waals surface area contributed by atoms with Crippen LogP contribution in [0.15, 0.2) is 72.8 Å².